The van der Waals surface area contributed by atoms with Gasteiger partial charge in [0, 0.05) is 18.9 Å². The van der Waals surface area contributed by atoms with Crippen molar-refractivity contribution in [3.8, 4) is 6.07 Å². The highest BCUT2D eigenvalue weighted by atomic mass is 32.1. The summed E-state index contributed by atoms with van der Waals surface area (Å²) in [5, 5.41) is 11.1. The van der Waals surface area contributed by atoms with E-state index < -0.39 is 0 Å². The zero-order valence-electron chi connectivity index (χ0n) is 12.6. The fraction of sp³-hybridized carbons (Fsp3) is 0.471. The van der Waals surface area contributed by atoms with Gasteiger partial charge in [0.05, 0.1) is 28.0 Å². The lowest BCUT2D eigenvalue weighted by atomic mass is 10.1. The summed E-state index contributed by atoms with van der Waals surface area (Å²) in [4.78, 5) is 9.34. The van der Waals surface area contributed by atoms with Crippen LogP contribution in [0.15, 0.2) is 17.6 Å². The molecule has 5 heteroatoms. The average molecular weight is 310 g/mol. The molecule has 3 aromatic heterocycles. The monoisotopic (exact) mass is 310 g/mol. The molecule has 1 aliphatic rings. The summed E-state index contributed by atoms with van der Waals surface area (Å²) in [5.41, 5.74) is 3.32. The number of thiophene rings is 1. The number of rotatable bonds is 3. The molecule has 0 aliphatic heterocycles. The maximum Gasteiger partial charge on any atom is 0.109 e. The van der Waals surface area contributed by atoms with Gasteiger partial charge in [-0.05, 0) is 36.6 Å². The molecule has 1 saturated carbocycles. The highest BCUT2D eigenvalue weighted by Crippen LogP contribution is 2.40. The lowest BCUT2D eigenvalue weighted by Gasteiger charge is -2.16. The number of hydrogen-bond acceptors (Lipinski definition) is 4. The molecule has 4 rings (SSSR count). The van der Waals surface area contributed by atoms with Gasteiger partial charge in [0.25, 0.3) is 0 Å². The van der Waals surface area contributed by atoms with Crippen LogP contribution < -0.4 is 0 Å². The van der Waals surface area contributed by atoms with Gasteiger partial charge in [-0.3, -0.25) is 4.98 Å². The van der Waals surface area contributed by atoms with Crippen LogP contribution >= 0.6 is 11.3 Å². The van der Waals surface area contributed by atoms with Crippen LogP contribution in [0.2, 0.25) is 0 Å². The van der Waals surface area contributed by atoms with E-state index in [1.807, 2.05) is 6.20 Å². The number of nitrogens with zero attached hydrogens (tertiary/aromatic N) is 4. The Morgan fingerprint density at radius 2 is 2.32 bits per heavy atom. The summed E-state index contributed by atoms with van der Waals surface area (Å²) in [6, 6.07) is 4.89. The SMILES string of the molecule is CCc1nc2cnc3ccsc3c2n1[C@H]1CC[C@@H](CC#N)C1. The molecule has 1 aliphatic carbocycles. The first kappa shape index (κ1) is 13.7. The molecule has 0 saturated heterocycles. The van der Waals surface area contributed by atoms with Gasteiger partial charge in [-0.15, -0.1) is 11.3 Å². The van der Waals surface area contributed by atoms with Crippen molar-refractivity contribution in [1.82, 2.24) is 14.5 Å². The van der Waals surface area contributed by atoms with Crippen LogP contribution in [0, 0.1) is 17.2 Å². The van der Waals surface area contributed by atoms with Crippen molar-refractivity contribution in [1.29, 1.82) is 5.26 Å². The average Bonchev–Trinajstić information content (AvgIpc) is 3.23. The molecule has 0 N–H and O–H groups in total. The molecule has 0 radical (unpaired) electrons. The van der Waals surface area contributed by atoms with Crippen molar-refractivity contribution >= 4 is 32.6 Å². The minimum atomic E-state index is 0.478. The number of hydrogen-bond donors (Lipinski definition) is 0. The lowest BCUT2D eigenvalue weighted by molar-refractivity contribution is 0.478. The Kier molecular flexibility index (Phi) is 3.34. The zero-order valence-corrected chi connectivity index (χ0v) is 13.4. The van der Waals surface area contributed by atoms with E-state index in [0.717, 1.165) is 42.5 Å². The molecular formula is C17H18N4S. The number of pyridine rings is 1. The van der Waals surface area contributed by atoms with E-state index in [1.165, 1.54) is 10.2 Å². The van der Waals surface area contributed by atoms with Gasteiger partial charge in [0.2, 0.25) is 0 Å². The van der Waals surface area contributed by atoms with Crippen molar-refractivity contribution in [2.75, 3.05) is 0 Å². The minimum Gasteiger partial charge on any atom is -0.324 e. The lowest BCUT2D eigenvalue weighted by Crippen LogP contribution is -2.09. The van der Waals surface area contributed by atoms with Crippen LogP contribution in [-0.4, -0.2) is 14.5 Å². The molecule has 0 unspecified atom stereocenters. The van der Waals surface area contributed by atoms with E-state index in [-0.39, 0.29) is 0 Å². The molecule has 3 heterocycles. The highest BCUT2D eigenvalue weighted by molar-refractivity contribution is 7.18. The Morgan fingerprint density at radius 1 is 1.41 bits per heavy atom. The van der Waals surface area contributed by atoms with E-state index in [2.05, 4.69) is 34.0 Å². The Bertz CT molecular complexity index is 870. The number of nitriles is 1. The van der Waals surface area contributed by atoms with Crippen LogP contribution in [0.25, 0.3) is 21.3 Å². The highest BCUT2D eigenvalue weighted by Gasteiger charge is 2.29. The quantitative estimate of drug-likeness (QED) is 0.717. The summed E-state index contributed by atoms with van der Waals surface area (Å²) in [5.74, 6) is 1.69. The molecule has 0 spiro atoms. The Labute approximate surface area is 133 Å². The van der Waals surface area contributed by atoms with Crippen molar-refractivity contribution in [2.24, 2.45) is 5.92 Å². The van der Waals surface area contributed by atoms with E-state index >= 15 is 0 Å². The van der Waals surface area contributed by atoms with E-state index in [9.17, 15) is 0 Å². The van der Waals surface area contributed by atoms with Gasteiger partial charge >= 0.3 is 0 Å². The minimum absolute atomic E-state index is 0.478. The second-order valence-corrected chi connectivity index (χ2v) is 6.99. The van der Waals surface area contributed by atoms with E-state index in [4.69, 9.17) is 10.2 Å². The molecule has 4 nitrogen and oxygen atoms in total. The first-order chi connectivity index (χ1) is 10.8. The number of imidazole rings is 1. The third kappa shape index (κ3) is 2.02. The van der Waals surface area contributed by atoms with Crippen LogP contribution in [0.3, 0.4) is 0 Å². The zero-order chi connectivity index (χ0) is 15.1. The normalized spacial score (nSPS) is 21.6. The topological polar surface area (TPSA) is 54.5 Å². The summed E-state index contributed by atoms with van der Waals surface area (Å²) >= 11 is 1.75. The van der Waals surface area contributed by atoms with Crippen LogP contribution in [0.1, 0.15) is 44.5 Å². The molecule has 0 bridgehead atoms. The summed E-state index contributed by atoms with van der Waals surface area (Å²) < 4.78 is 3.70. The fourth-order valence-electron chi connectivity index (χ4n) is 3.77. The Balaban J connectivity index is 1.88. The Hall–Kier alpha value is -1.93. The Morgan fingerprint density at radius 3 is 3.14 bits per heavy atom. The number of aryl methyl sites for hydroxylation is 1. The van der Waals surface area contributed by atoms with Crippen molar-refractivity contribution in [2.45, 2.75) is 45.1 Å². The van der Waals surface area contributed by atoms with E-state index in [1.54, 1.807) is 11.3 Å². The van der Waals surface area contributed by atoms with Crippen molar-refractivity contribution in [3.63, 3.8) is 0 Å². The van der Waals surface area contributed by atoms with Gasteiger partial charge in [-0.2, -0.15) is 5.26 Å². The predicted octanol–water partition coefficient (Wildman–Crippen LogP) is 4.46. The van der Waals surface area contributed by atoms with Crippen LogP contribution in [0.4, 0.5) is 0 Å². The molecular weight excluding hydrogens is 292 g/mol. The molecule has 2 atom stereocenters. The second kappa shape index (κ2) is 5.36. The number of fused-ring (bicyclic) bond motifs is 3. The van der Waals surface area contributed by atoms with E-state index in [0.29, 0.717) is 18.4 Å². The first-order valence-corrected chi connectivity index (χ1v) is 8.79. The van der Waals surface area contributed by atoms with Crippen LogP contribution in [0.5, 0.6) is 0 Å². The third-order valence-electron chi connectivity index (χ3n) is 4.77. The number of aromatic nitrogens is 3. The summed E-state index contributed by atoms with van der Waals surface area (Å²) in [7, 11) is 0. The molecule has 3 aromatic rings. The van der Waals surface area contributed by atoms with Gasteiger partial charge in [-0.25, -0.2) is 4.98 Å². The second-order valence-electron chi connectivity index (χ2n) is 6.07. The fourth-order valence-corrected chi connectivity index (χ4v) is 4.66. The molecule has 112 valence electrons. The van der Waals surface area contributed by atoms with Gasteiger partial charge in [0.1, 0.15) is 11.3 Å². The molecule has 0 aromatic carbocycles. The summed E-state index contributed by atoms with van der Waals surface area (Å²) in [6.07, 6.45) is 6.92. The third-order valence-corrected chi connectivity index (χ3v) is 5.68. The predicted molar refractivity (Wildman–Crippen MR) is 88.9 cm³/mol. The maximum absolute atomic E-state index is 8.95. The molecule has 1 fully saturated rings. The maximum atomic E-state index is 8.95. The van der Waals surface area contributed by atoms with Gasteiger partial charge in [-0.1, -0.05) is 6.92 Å². The first-order valence-electron chi connectivity index (χ1n) is 7.91. The van der Waals surface area contributed by atoms with Gasteiger partial charge in [0.15, 0.2) is 0 Å². The van der Waals surface area contributed by atoms with Crippen LogP contribution in [-0.2, 0) is 6.42 Å². The van der Waals surface area contributed by atoms with Crippen molar-refractivity contribution < 1.29 is 0 Å². The largest absolute Gasteiger partial charge is 0.324 e. The molecule has 0 amide bonds. The van der Waals surface area contributed by atoms with Gasteiger partial charge < -0.3 is 4.57 Å². The summed E-state index contributed by atoms with van der Waals surface area (Å²) in [6.45, 7) is 2.17. The smallest absolute Gasteiger partial charge is 0.109 e. The van der Waals surface area contributed by atoms with Crippen molar-refractivity contribution in [3.05, 3.63) is 23.5 Å². The molecule has 22 heavy (non-hydrogen) atoms. The standard InChI is InChI=1S/C17H18N4S/c1-2-15-20-14-10-19-13-6-8-22-17(13)16(14)21(15)12-4-3-11(9-12)5-7-18/h6,8,10-12H,2-5,9H2,1H3/t11-,12-/m0/s1.